The molecule has 0 fully saturated rings. The van der Waals surface area contributed by atoms with Gasteiger partial charge in [-0.05, 0) is 57.2 Å². The van der Waals surface area contributed by atoms with Gasteiger partial charge in [-0.25, -0.2) is 9.67 Å². The first kappa shape index (κ1) is 28.6. The van der Waals surface area contributed by atoms with Gasteiger partial charge in [0.1, 0.15) is 17.3 Å². The van der Waals surface area contributed by atoms with Gasteiger partial charge in [-0.15, -0.1) is 0 Å². The summed E-state index contributed by atoms with van der Waals surface area (Å²) < 4.78 is 24.1. The van der Waals surface area contributed by atoms with Gasteiger partial charge in [-0.1, -0.05) is 0 Å². The third-order valence-corrected chi connectivity index (χ3v) is 6.64. The highest BCUT2D eigenvalue weighted by Gasteiger charge is 2.32. The second-order valence-electron chi connectivity index (χ2n) is 9.96. The number of dihydropyridines is 1. The molecular formula is C30H32N6O6. The number of pyridine rings is 2. The van der Waals surface area contributed by atoms with Crippen LogP contribution in [0.25, 0.3) is 5.69 Å². The molecule has 1 aliphatic carbocycles. The number of anilines is 1. The molecule has 0 radical (unpaired) electrons. The van der Waals surface area contributed by atoms with Crippen LogP contribution in [-0.2, 0) is 15.1 Å². The highest BCUT2D eigenvalue weighted by molar-refractivity contribution is 6.04. The van der Waals surface area contributed by atoms with E-state index in [4.69, 9.17) is 18.9 Å². The van der Waals surface area contributed by atoms with Gasteiger partial charge in [0.25, 0.3) is 5.91 Å². The van der Waals surface area contributed by atoms with Crippen molar-refractivity contribution >= 4 is 17.9 Å². The van der Waals surface area contributed by atoms with E-state index in [1.54, 1.807) is 77.1 Å². The van der Waals surface area contributed by atoms with E-state index in [2.05, 4.69) is 25.4 Å². The number of hydrogen-bond acceptors (Lipinski definition) is 10. The molecule has 0 bridgehead atoms. The largest absolute Gasteiger partial charge is 0.493 e. The fraction of sp³-hybridized carbons (Fsp3) is 0.300. The molecule has 42 heavy (non-hydrogen) atoms. The predicted molar refractivity (Wildman–Crippen MR) is 155 cm³/mol. The third-order valence-electron chi connectivity index (χ3n) is 6.64. The van der Waals surface area contributed by atoms with Gasteiger partial charge in [0.15, 0.2) is 23.0 Å². The number of methoxy groups -OCH3 is 2. The molecule has 2 N–H and O–H groups in total. The van der Waals surface area contributed by atoms with Crippen molar-refractivity contribution in [1.29, 1.82) is 0 Å². The van der Waals surface area contributed by atoms with E-state index in [9.17, 15) is 9.90 Å². The number of amides is 1. The zero-order valence-corrected chi connectivity index (χ0v) is 23.9. The van der Waals surface area contributed by atoms with Crippen LogP contribution in [0.5, 0.6) is 11.5 Å². The van der Waals surface area contributed by atoms with Crippen molar-refractivity contribution in [2.45, 2.75) is 32.4 Å². The lowest BCUT2D eigenvalue weighted by Crippen LogP contribution is -2.27. The number of carbonyl (C=O) groups excluding carboxylic acids is 1. The molecule has 0 spiro atoms. The van der Waals surface area contributed by atoms with Crippen molar-refractivity contribution < 1.29 is 28.8 Å². The van der Waals surface area contributed by atoms with Crippen LogP contribution in [-0.4, -0.2) is 63.8 Å². The summed E-state index contributed by atoms with van der Waals surface area (Å²) >= 11 is 0. The summed E-state index contributed by atoms with van der Waals surface area (Å²) in [6, 6.07) is 4.86. The summed E-state index contributed by atoms with van der Waals surface area (Å²) in [5, 5.41) is 17.8. The van der Waals surface area contributed by atoms with Gasteiger partial charge >= 0.3 is 0 Å². The van der Waals surface area contributed by atoms with Crippen LogP contribution in [0, 0.1) is 5.92 Å². The molecule has 0 aromatic carbocycles. The third kappa shape index (κ3) is 5.88. The SMILES string of the molecule is CCOc1cn(-c2cnccc2C(C)(C)O)nc1C(=O)Nc1ccc(OC2=CC=NC3C=C(OC)C(OC)=CC23)cn1. The smallest absolute Gasteiger partial charge is 0.281 e. The van der Waals surface area contributed by atoms with Gasteiger partial charge in [-0.2, -0.15) is 5.10 Å². The lowest BCUT2D eigenvalue weighted by Gasteiger charge is -2.29. The molecule has 3 aromatic heterocycles. The molecular weight excluding hydrogens is 540 g/mol. The highest BCUT2D eigenvalue weighted by atomic mass is 16.5. The van der Waals surface area contributed by atoms with E-state index in [1.807, 2.05) is 19.1 Å². The number of ether oxygens (including phenoxy) is 4. The lowest BCUT2D eigenvalue weighted by atomic mass is 9.90. The molecule has 3 aromatic rings. The second kappa shape index (κ2) is 11.9. The van der Waals surface area contributed by atoms with Crippen molar-refractivity contribution in [3.63, 3.8) is 0 Å². The van der Waals surface area contributed by atoms with Gasteiger partial charge < -0.3 is 29.4 Å². The summed E-state index contributed by atoms with van der Waals surface area (Å²) in [5.41, 5.74) is 0.0171. The average Bonchev–Trinajstić information content (AvgIpc) is 3.41. The zero-order valence-electron chi connectivity index (χ0n) is 23.9. The van der Waals surface area contributed by atoms with Gasteiger partial charge in [-0.3, -0.25) is 14.8 Å². The maximum atomic E-state index is 13.2. The Kier molecular flexibility index (Phi) is 8.07. The summed E-state index contributed by atoms with van der Waals surface area (Å²) in [6.07, 6.45) is 13.6. The lowest BCUT2D eigenvalue weighted by molar-refractivity contribution is 0.0783. The average molecular weight is 573 g/mol. The summed E-state index contributed by atoms with van der Waals surface area (Å²) in [6.45, 7) is 5.47. The van der Waals surface area contributed by atoms with Crippen LogP contribution in [0.3, 0.4) is 0 Å². The molecule has 0 saturated heterocycles. The molecule has 0 saturated carbocycles. The van der Waals surface area contributed by atoms with Gasteiger partial charge in [0, 0.05) is 18.0 Å². The minimum atomic E-state index is -1.16. The van der Waals surface area contributed by atoms with Crippen LogP contribution in [0.2, 0.25) is 0 Å². The summed E-state index contributed by atoms with van der Waals surface area (Å²) in [5.74, 6) is 2.27. The number of rotatable bonds is 10. The molecule has 12 heteroatoms. The summed E-state index contributed by atoms with van der Waals surface area (Å²) in [4.78, 5) is 26.3. The Balaban J connectivity index is 1.32. The number of aromatic nitrogens is 4. The topological polar surface area (TPSA) is 142 Å². The zero-order chi connectivity index (χ0) is 29.9. The highest BCUT2D eigenvalue weighted by Crippen LogP contribution is 2.34. The fourth-order valence-electron chi connectivity index (χ4n) is 4.65. The normalized spacial score (nSPS) is 17.8. The minimum Gasteiger partial charge on any atom is -0.493 e. The number of allylic oxidation sites excluding steroid dienone is 1. The van der Waals surface area contributed by atoms with E-state index >= 15 is 0 Å². The molecule has 2 atom stereocenters. The van der Waals surface area contributed by atoms with Crippen molar-refractivity contribution in [2.24, 2.45) is 10.9 Å². The number of carbonyl (C=O) groups is 1. The van der Waals surface area contributed by atoms with Crippen LogP contribution >= 0.6 is 0 Å². The molecule has 1 amide bonds. The Morgan fingerprint density at radius 1 is 1.12 bits per heavy atom. The predicted octanol–water partition coefficient (Wildman–Crippen LogP) is 3.95. The van der Waals surface area contributed by atoms with E-state index in [-0.39, 0.29) is 23.4 Å². The molecule has 4 heterocycles. The van der Waals surface area contributed by atoms with Crippen molar-refractivity contribution in [3.8, 4) is 17.2 Å². The van der Waals surface area contributed by atoms with Gasteiger partial charge in [0.05, 0.1) is 62.7 Å². The Morgan fingerprint density at radius 2 is 1.90 bits per heavy atom. The number of nitrogens with zero attached hydrogens (tertiary/aromatic N) is 5. The van der Waals surface area contributed by atoms with Crippen LogP contribution in [0.1, 0.15) is 36.8 Å². The standard InChI is InChI=1S/C30H32N6O6/c1-6-41-26-17-36(22-16-31-11-9-20(22)30(2,3)38)35-28(26)29(37)34-27-8-7-18(15-33-27)42-23-10-12-32-21-14-25(40-5)24(39-4)13-19(21)23/h7-17,19,21,38H,6H2,1-5H3,(H,33,34,37). The number of aliphatic imine (C=N–C) groups is 1. The van der Waals surface area contributed by atoms with E-state index in [0.717, 1.165) is 0 Å². The second-order valence-corrected chi connectivity index (χ2v) is 9.96. The Morgan fingerprint density at radius 3 is 2.60 bits per heavy atom. The number of fused-ring (bicyclic) bond motifs is 1. The monoisotopic (exact) mass is 572 g/mol. The Hall–Kier alpha value is -4.97. The Bertz CT molecular complexity index is 1580. The van der Waals surface area contributed by atoms with Crippen molar-refractivity contribution in [2.75, 3.05) is 26.1 Å². The molecule has 2 unspecified atom stereocenters. The maximum Gasteiger partial charge on any atom is 0.281 e. The minimum absolute atomic E-state index is 0.0590. The number of hydrogen-bond donors (Lipinski definition) is 2. The van der Waals surface area contributed by atoms with Crippen LogP contribution in [0.15, 0.2) is 83.5 Å². The van der Waals surface area contributed by atoms with Crippen LogP contribution in [0.4, 0.5) is 5.82 Å². The fourth-order valence-corrected chi connectivity index (χ4v) is 4.65. The van der Waals surface area contributed by atoms with E-state index in [0.29, 0.717) is 46.7 Å². The van der Waals surface area contributed by atoms with Crippen LogP contribution < -0.4 is 14.8 Å². The van der Waals surface area contributed by atoms with E-state index in [1.165, 1.54) is 10.9 Å². The maximum absolute atomic E-state index is 13.2. The van der Waals surface area contributed by atoms with Gasteiger partial charge in [0.2, 0.25) is 0 Å². The van der Waals surface area contributed by atoms with Crippen molar-refractivity contribution in [3.05, 3.63) is 89.7 Å². The van der Waals surface area contributed by atoms with Crippen molar-refractivity contribution in [1.82, 2.24) is 19.7 Å². The molecule has 12 nitrogen and oxygen atoms in total. The Labute approximate surface area is 243 Å². The first-order valence-electron chi connectivity index (χ1n) is 13.3. The quantitative estimate of drug-likeness (QED) is 0.369. The molecule has 1 aliphatic heterocycles. The number of aliphatic hydroxyl groups is 1. The first-order chi connectivity index (χ1) is 20.2. The summed E-state index contributed by atoms with van der Waals surface area (Å²) in [7, 11) is 3.17. The van der Waals surface area contributed by atoms with E-state index < -0.39 is 11.5 Å². The number of nitrogens with one attached hydrogen (secondary N) is 1. The first-order valence-corrected chi connectivity index (χ1v) is 13.3. The molecule has 218 valence electrons. The molecule has 5 rings (SSSR count). The molecule has 2 aliphatic rings.